The molecule has 0 aliphatic carbocycles. The smallest absolute Gasteiger partial charge is 0.199 e. The van der Waals surface area contributed by atoms with E-state index in [1.54, 1.807) is 0 Å². The number of aliphatic imine (C=N–C) groups is 2. The number of nitrogens with two attached hydrogens (primary N) is 1. The summed E-state index contributed by atoms with van der Waals surface area (Å²) in [6.45, 7) is 2.01. The van der Waals surface area contributed by atoms with E-state index >= 15 is 0 Å². The SMILES string of the molecule is C/C=C(/C1=NC(c2ccccc2)=NC(c2ccccc2)N1)c1c(N)oc2c(-c3cccc4sc5cc6ccccc6cc5c34)cccc12. The van der Waals surface area contributed by atoms with Crippen molar-refractivity contribution in [1.82, 2.24) is 5.32 Å². The summed E-state index contributed by atoms with van der Waals surface area (Å²) in [6, 6.07) is 46.3. The van der Waals surface area contributed by atoms with E-state index in [4.69, 9.17) is 20.1 Å². The lowest BCUT2D eigenvalue weighted by molar-refractivity contribution is 0.637. The van der Waals surface area contributed by atoms with Crippen molar-refractivity contribution in [3.8, 4) is 11.1 Å². The van der Waals surface area contributed by atoms with Crippen molar-refractivity contribution in [1.29, 1.82) is 0 Å². The highest BCUT2D eigenvalue weighted by atomic mass is 32.1. The highest BCUT2D eigenvalue weighted by Crippen LogP contribution is 2.45. The minimum atomic E-state index is -0.320. The Kier molecular flexibility index (Phi) is 6.69. The zero-order chi connectivity index (χ0) is 32.2. The van der Waals surface area contributed by atoms with E-state index in [0.717, 1.165) is 44.4 Å². The van der Waals surface area contributed by atoms with Gasteiger partial charge in [0, 0.05) is 42.3 Å². The van der Waals surface area contributed by atoms with Crippen LogP contribution in [0.2, 0.25) is 0 Å². The van der Waals surface area contributed by atoms with Crippen LogP contribution in [-0.4, -0.2) is 11.7 Å². The van der Waals surface area contributed by atoms with Crippen molar-refractivity contribution in [2.75, 3.05) is 5.73 Å². The van der Waals surface area contributed by atoms with E-state index in [9.17, 15) is 0 Å². The fourth-order valence-electron chi connectivity index (χ4n) is 6.87. The largest absolute Gasteiger partial charge is 0.440 e. The molecule has 3 N–H and O–H groups in total. The molecule has 0 saturated heterocycles. The number of rotatable bonds is 5. The van der Waals surface area contributed by atoms with Crippen molar-refractivity contribution in [2.45, 2.75) is 13.1 Å². The first-order chi connectivity index (χ1) is 23.7. The van der Waals surface area contributed by atoms with Crippen LogP contribution in [0.25, 0.3) is 58.6 Å². The molecule has 1 aliphatic rings. The molecular formula is C42H30N4OS. The van der Waals surface area contributed by atoms with Crippen LogP contribution in [0.15, 0.2) is 154 Å². The Morgan fingerprint density at radius 3 is 2.25 bits per heavy atom. The molecule has 2 aromatic heterocycles. The first-order valence-corrected chi connectivity index (χ1v) is 16.8. The maximum absolute atomic E-state index is 6.80. The van der Waals surface area contributed by atoms with Gasteiger partial charge in [-0.2, -0.15) is 0 Å². The van der Waals surface area contributed by atoms with Gasteiger partial charge in [-0.05, 0) is 47.0 Å². The van der Waals surface area contributed by atoms with E-state index in [1.807, 2.05) is 72.9 Å². The predicted molar refractivity (Wildman–Crippen MR) is 203 cm³/mol. The molecule has 1 unspecified atom stereocenters. The van der Waals surface area contributed by atoms with Gasteiger partial charge in [-0.3, -0.25) is 0 Å². The third-order valence-electron chi connectivity index (χ3n) is 9.10. The minimum absolute atomic E-state index is 0.320. The number of benzene rings is 6. The van der Waals surface area contributed by atoms with Gasteiger partial charge in [-0.15, -0.1) is 11.3 Å². The summed E-state index contributed by atoms with van der Waals surface area (Å²) in [5.74, 6) is 1.70. The van der Waals surface area contributed by atoms with E-state index in [1.165, 1.54) is 30.9 Å². The minimum Gasteiger partial charge on any atom is -0.440 e. The van der Waals surface area contributed by atoms with Gasteiger partial charge < -0.3 is 15.5 Å². The van der Waals surface area contributed by atoms with Crippen LogP contribution in [0.4, 0.5) is 5.88 Å². The lowest BCUT2D eigenvalue weighted by atomic mass is 9.95. The molecule has 1 aliphatic heterocycles. The van der Waals surface area contributed by atoms with Crippen LogP contribution in [0.5, 0.6) is 0 Å². The normalized spacial score (nSPS) is 15.2. The summed E-state index contributed by atoms with van der Waals surface area (Å²) < 4.78 is 9.02. The Labute approximate surface area is 281 Å². The van der Waals surface area contributed by atoms with E-state index in [0.29, 0.717) is 17.6 Å². The van der Waals surface area contributed by atoms with Crippen molar-refractivity contribution in [3.63, 3.8) is 0 Å². The second kappa shape index (κ2) is 11.4. The number of nitrogen functional groups attached to an aromatic ring is 1. The monoisotopic (exact) mass is 638 g/mol. The number of allylic oxidation sites excluding steroid dienone is 1. The van der Waals surface area contributed by atoms with Crippen LogP contribution < -0.4 is 11.1 Å². The Hall–Kier alpha value is -5.98. The molecule has 0 amide bonds. The van der Waals surface area contributed by atoms with Crippen molar-refractivity contribution < 1.29 is 4.42 Å². The second-order valence-electron chi connectivity index (χ2n) is 11.9. The standard InChI is InChI=1S/C42H30N4OS/c1-2-29(42-45-40(25-13-5-3-6-14-25)44-41(46-42)26-15-7-4-8-16-26)37-32-21-11-20-31(38(32)47-39(37)43)30-19-12-22-34-36(30)33-23-27-17-9-10-18-28(27)24-35(33)48-34/h2-24,40H,43H2,1H3,(H,44,45,46)/b29-2+. The molecule has 6 heteroatoms. The summed E-state index contributed by atoms with van der Waals surface area (Å²) in [7, 11) is 0. The molecule has 9 rings (SSSR count). The Morgan fingerprint density at radius 1 is 0.750 bits per heavy atom. The Balaban J connectivity index is 1.21. The van der Waals surface area contributed by atoms with Gasteiger partial charge in [0.25, 0.3) is 0 Å². The number of amidine groups is 2. The fourth-order valence-corrected chi connectivity index (χ4v) is 8.03. The molecule has 8 aromatic rings. The maximum Gasteiger partial charge on any atom is 0.199 e. The van der Waals surface area contributed by atoms with Crippen LogP contribution >= 0.6 is 11.3 Å². The van der Waals surface area contributed by atoms with Crippen molar-refractivity contribution >= 4 is 76.4 Å². The molecule has 5 nitrogen and oxygen atoms in total. The van der Waals surface area contributed by atoms with Crippen LogP contribution in [0.1, 0.15) is 29.8 Å². The molecule has 48 heavy (non-hydrogen) atoms. The average molecular weight is 639 g/mol. The number of nitrogens with one attached hydrogen (secondary N) is 1. The summed E-state index contributed by atoms with van der Waals surface area (Å²) in [6.07, 6.45) is 1.73. The van der Waals surface area contributed by atoms with Gasteiger partial charge in [-0.25, -0.2) is 9.98 Å². The maximum atomic E-state index is 6.80. The number of hydrogen-bond donors (Lipinski definition) is 2. The second-order valence-corrected chi connectivity index (χ2v) is 13.0. The molecule has 0 spiro atoms. The van der Waals surface area contributed by atoms with Crippen molar-refractivity contribution in [3.05, 3.63) is 156 Å². The number of anilines is 1. The molecule has 0 bridgehead atoms. The summed E-state index contributed by atoms with van der Waals surface area (Å²) >= 11 is 1.82. The van der Waals surface area contributed by atoms with E-state index < -0.39 is 0 Å². The summed E-state index contributed by atoms with van der Waals surface area (Å²) in [4.78, 5) is 10.1. The number of para-hydroxylation sites is 1. The first-order valence-electron chi connectivity index (χ1n) is 16.0. The number of hydrogen-bond acceptors (Lipinski definition) is 6. The summed E-state index contributed by atoms with van der Waals surface area (Å²) in [5, 5.41) is 9.49. The lowest BCUT2D eigenvalue weighted by Gasteiger charge is -2.24. The zero-order valence-electron chi connectivity index (χ0n) is 26.1. The highest BCUT2D eigenvalue weighted by molar-refractivity contribution is 7.26. The predicted octanol–water partition coefficient (Wildman–Crippen LogP) is 10.8. The van der Waals surface area contributed by atoms with Crippen LogP contribution in [0.3, 0.4) is 0 Å². The van der Waals surface area contributed by atoms with E-state index in [-0.39, 0.29) is 6.17 Å². The first kappa shape index (κ1) is 28.3. The molecule has 0 saturated carbocycles. The average Bonchev–Trinajstić information content (AvgIpc) is 3.68. The van der Waals surface area contributed by atoms with Crippen LogP contribution in [-0.2, 0) is 0 Å². The lowest BCUT2D eigenvalue weighted by Crippen LogP contribution is -2.33. The molecule has 0 radical (unpaired) electrons. The third-order valence-corrected chi connectivity index (χ3v) is 10.2. The zero-order valence-corrected chi connectivity index (χ0v) is 27.0. The van der Waals surface area contributed by atoms with Gasteiger partial charge in [0.1, 0.15) is 17.6 Å². The highest BCUT2D eigenvalue weighted by Gasteiger charge is 2.27. The van der Waals surface area contributed by atoms with Gasteiger partial charge >= 0.3 is 0 Å². The fraction of sp³-hybridized carbons (Fsp3) is 0.0476. The molecule has 3 heterocycles. The van der Waals surface area contributed by atoms with E-state index in [2.05, 4.69) is 90.2 Å². The Morgan fingerprint density at radius 2 is 1.46 bits per heavy atom. The summed E-state index contributed by atoms with van der Waals surface area (Å²) in [5.41, 5.74) is 13.4. The molecule has 1 atom stereocenters. The van der Waals surface area contributed by atoms with Gasteiger partial charge in [0.2, 0.25) is 0 Å². The van der Waals surface area contributed by atoms with Gasteiger partial charge in [-0.1, -0.05) is 121 Å². The van der Waals surface area contributed by atoms with Crippen LogP contribution in [0, 0.1) is 0 Å². The molecule has 0 fully saturated rings. The van der Waals surface area contributed by atoms with Crippen molar-refractivity contribution in [2.24, 2.45) is 9.98 Å². The quantitative estimate of drug-likeness (QED) is 0.197. The Bertz CT molecular complexity index is 2610. The number of fused-ring (bicyclic) bond motifs is 5. The van der Waals surface area contributed by atoms with Gasteiger partial charge in [0.15, 0.2) is 11.7 Å². The number of furan rings is 1. The number of thiophene rings is 1. The topological polar surface area (TPSA) is 75.9 Å². The molecular weight excluding hydrogens is 609 g/mol. The molecule has 6 aromatic carbocycles. The third kappa shape index (κ3) is 4.61. The van der Waals surface area contributed by atoms with Gasteiger partial charge in [0.05, 0.1) is 5.56 Å². The number of nitrogens with zero attached hydrogens (tertiary/aromatic N) is 2. The molecule has 230 valence electrons.